The van der Waals surface area contributed by atoms with Gasteiger partial charge in [0.1, 0.15) is 6.61 Å². The summed E-state index contributed by atoms with van der Waals surface area (Å²) in [6.07, 6.45) is -2.26. The number of carboxylic acid groups (broad SMARTS) is 1. The first-order valence-corrected chi connectivity index (χ1v) is 3.42. The molecule has 2 N–H and O–H groups in total. The van der Waals surface area contributed by atoms with Crippen molar-refractivity contribution in [3.05, 3.63) is 0 Å². The van der Waals surface area contributed by atoms with Crippen LogP contribution >= 0.6 is 0 Å². The normalized spacial score (nSPS) is 27.5. The van der Waals surface area contributed by atoms with Crippen molar-refractivity contribution in [2.24, 2.45) is 0 Å². The molecule has 1 aliphatic rings. The lowest BCUT2D eigenvalue weighted by Gasteiger charge is -2.19. The molecule has 1 amide bonds. The van der Waals surface area contributed by atoms with Crippen molar-refractivity contribution in [2.45, 2.75) is 12.0 Å². The average Bonchev–Trinajstić information content (AvgIpc) is 2.11. The lowest BCUT2D eigenvalue weighted by atomic mass is 10.2. The predicted molar refractivity (Wildman–Crippen MR) is 35.3 cm³/mol. The topological polar surface area (TPSA) is 75.6 Å². The smallest absolute Gasteiger partial charge is 0.339 e. The minimum absolute atomic E-state index is 0.660. The van der Waals surface area contributed by atoms with Crippen molar-refractivity contribution in [3.63, 3.8) is 0 Å². The first-order chi connectivity index (χ1) is 5.93. The van der Waals surface area contributed by atoms with Crippen LogP contribution in [0.5, 0.6) is 0 Å². The molecule has 0 aromatic heterocycles. The van der Waals surface area contributed by atoms with Gasteiger partial charge in [-0.3, -0.25) is 4.79 Å². The van der Waals surface area contributed by atoms with Crippen molar-refractivity contribution in [2.75, 3.05) is 13.2 Å². The lowest BCUT2D eigenvalue weighted by Crippen LogP contribution is -2.46. The van der Waals surface area contributed by atoms with Gasteiger partial charge >= 0.3 is 11.9 Å². The van der Waals surface area contributed by atoms with Crippen molar-refractivity contribution in [1.29, 1.82) is 0 Å². The Morgan fingerprint density at radius 1 is 1.69 bits per heavy atom. The molecule has 1 aliphatic heterocycles. The van der Waals surface area contributed by atoms with Gasteiger partial charge in [0, 0.05) is 0 Å². The van der Waals surface area contributed by atoms with E-state index in [1.807, 2.05) is 5.32 Å². The van der Waals surface area contributed by atoms with E-state index in [0.29, 0.717) is 0 Å². The monoisotopic (exact) mass is 195 g/mol. The Morgan fingerprint density at radius 2 is 2.31 bits per heavy atom. The second-order valence-corrected chi connectivity index (χ2v) is 2.57. The van der Waals surface area contributed by atoms with Crippen molar-refractivity contribution >= 4 is 11.9 Å². The van der Waals surface area contributed by atoms with Crippen LogP contribution in [0.1, 0.15) is 0 Å². The van der Waals surface area contributed by atoms with Gasteiger partial charge in [0.2, 0.25) is 12.0 Å². The minimum atomic E-state index is -3.57. The number of alkyl halides is 2. The number of nitrogens with one attached hydrogen (secondary N) is 1. The minimum Gasteiger partial charge on any atom is -0.479 e. The maximum Gasteiger partial charge on any atom is 0.339 e. The highest BCUT2D eigenvalue weighted by molar-refractivity contribution is 5.80. The summed E-state index contributed by atoms with van der Waals surface area (Å²) in [6, 6.07) is 0. The molecule has 1 fully saturated rings. The van der Waals surface area contributed by atoms with Crippen molar-refractivity contribution < 1.29 is 28.2 Å². The molecular weight excluding hydrogens is 188 g/mol. The Hall–Kier alpha value is -1.24. The summed E-state index contributed by atoms with van der Waals surface area (Å²) in [4.78, 5) is 20.9. The highest BCUT2D eigenvalue weighted by Gasteiger charge is 2.47. The number of amides is 1. The van der Waals surface area contributed by atoms with E-state index in [9.17, 15) is 18.4 Å². The van der Waals surface area contributed by atoms with Crippen LogP contribution < -0.4 is 5.32 Å². The number of rotatable bonds is 1. The molecule has 0 bridgehead atoms. The van der Waals surface area contributed by atoms with Crippen LogP contribution in [0.15, 0.2) is 0 Å². The summed E-state index contributed by atoms with van der Waals surface area (Å²) in [7, 11) is 0. The molecule has 13 heavy (non-hydrogen) atoms. The molecule has 1 unspecified atom stereocenters. The number of hydrogen-bond donors (Lipinski definition) is 2. The van der Waals surface area contributed by atoms with Crippen LogP contribution in [0, 0.1) is 0 Å². The van der Waals surface area contributed by atoms with E-state index >= 15 is 0 Å². The third-order valence-corrected chi connectivity index (χ3v) is 1.51. The van der Waals surface area contributed by atoms with E-state index < -0.39 is 37.1 Å². The molecule has 1 rings (SSSR count). The Kier molecular flexibility index (Phi) is 2.46. The fraction of sp³-hybridized carbons (Fsp3) is 0.667. The second kappa shape index (κ2) is 3.25. The molecule has 0 aliphatic carbocycles. The van der Waals surface area contributed by atoms with Crippen LogP contribution in [-0.4, -0.2) is 42.2 Å². The Bertz CT molecular complexity index is 243. The fourth-order valence-electron chi connectivity index (χ4n) is 0.893. The molecule has 0 radical (unpaired) electrons. The Morgan fingerprint density at radius 3 is 2.85 bits per heavy atom. The Labute approximate surface area is 71.7 Å². The standard InChI is InChI=1S/C6H7F2NO4/c7-6(8)2-9-3(10)1-13-4(6)5(11)12/h4H,1-2H2,(H,9,10)(H,11,12). The van der Waals surface area contributed by atoms with E-state index in [2.05, 4.69) is 4.74 Å². The number of ether oxygens (including phenoxy) is 1. The third-order valence-electron chi connectivity index (χ3n) is 1.51. The van der Waals surface area contributed by atoms with E-state index in [-0.39, 0.29) is 0 Å². The van der Waals surface area contributed by atoms with Gasteiger partial charge in [0.15, 0.2) is 0 Å². The van der Waals surface area contributed by atoms with Crippen LogP contribution in [0.4, 0.5) is 8.78 Å². The molecule has 0 spiro atoms. The first-order valence-electron chi connectivity index (χ1n) is 3.42. The molecule has 1 saturated heterocycles. The number of aliphatic carboxylic acids is 1. The summed E-state index contributed by atoms with van der Waals surface area (Å²) in [5.74, 6) is -6.09. The van der Waals surface area contributed by atoms with Gasteiger partial charge < -0.3 is 15.2 Å². The number of carboxylic acids is 1. The number of carbonyl (C=O) groups excluding carboxylic acids is 1. The molecule has 1 heterocycles. The van der Waals surface area contributed by atoms with Gasteiger partial charge in [0.05, 0.1) is 6.54 Å². The average molecular weight is 195 g/mol. The first kappa shape index (κ1) is 9.85. The molecular formula is C6H7F2NO4. The summed E-state index contributed by atoms with van der Waals surface area (Å²) in [5.41, 5.74) is 0. The van der Waals surface area contributed by atoms with Gasteiger partial charge in [-0.15, -0.1) is 0 Å². The maximum absolute atomic E-state index is 12.8. The zero-order chi connectivity index (χ0) is 10.1. The Balaban J connectivity index is 2.80. The molecule has 5 nitrogen and oxygen atoms in total. The largest absolute Gasteiger partial charge is 0.479 e. The predicted octanol–water partition coefficient (Wildman–Crippen LogP) is -0.779. The van der Waals surface area contributed by atoms with Crippen LogP contribution in [0.2, 0.25) is 0 Å². The third kappa shape index (κ3) is 2.11. The number of halogens is 2. The van der Waals surface area contributed by atoms with E-state index in [0.717, 1.165) is 0 Å². The van der Waals surface area contributed by atoms with Gasteiger partial charge in [-0.25, -0.2) is 13.6 Å². The molecule has 0 aromatic carbocycles. The summed E-state index contributed by atoms with van der Waals surface area (Å²) in [6.45, 7) is -1.67. The van der Waals surface area contributed by atoms with Crippen molar-refractivity contribution in [1.82, 2.24) is 5.32 Å². The lowest BCUT2D eigenvalue weighted by molar-refractivity contribution is -0.175. The highest BCUT2D eigenvalue weighted by atomic mass is 19.3. The van der Waals surface area contributed by atoms with Crippen LogP contribution in [0.25, 0.3) is 0 Å². The number of hydrogen-bond acceptors (Lipinski definition) is 3. The molecule has 0 aromatic rings. The van der Waals surface area contributed by atoms with Gasteiger partial charge in [0.25, 0.3) is 0 Å². The van der Waals surface area contributed by atoms with Crippen LogP contribution in [0.3, 0.4) is 0 Å². The molecule has 74 valence electrons. The van der Waals surface area contributed by atoms with E-state index in [1.165, 1.54) is 0 Å². The van der Waals surface area contributed by atoms with E-state index in [1.54, 1.807) is 0 Å². The molecule has 0 saturated carbocycles. The summed E-state index contributed by atoms with van der Waals surface area (Å²) in [5, 5.41) is 10.2. The SMILES string of the molecule is O=C1COC(C(=O)O)C(F)(F)CN1. The fourth-order valence-corrected chi connectivity index (χ4v) is 0.893. The molecule has 1 atom stereocenters. The van der Waals surface area contributed by atoms with E-state index in [4.69, 9.17) is 5.11 Å². The van der Waals surface area contributed by atoms with Crippen molar-refractivity contribution in [3.8, 4) is 0 Å². The zero-order valence-corrected chi connectivity index (χ0v) is 6.42. The maximum atomic E-state index is 12.8. The second-order valence-electron chi connectivity index (χ2n) is 2.57. The van der Waals surface area contributed by atoms with Gasteiger partial charge in [-0.1, -0.05) is 0 Å². The summed E-state index contributed by atoms with van der Waals surface area (Å²) < 4.78 is 29.9. The summed E-state index contributed by atoms with van der Waals surface area (Å²) >= 11 is 0. The van der Waals surface area contributed by atoms with Gasteiger partial charge in [-0.05, 0) is 0 Å². The van der Waals surface area contributed by atoms with Gasteiger partial charge in [-0.2, -0.15) is 0 Å². The highest BCUT2D eigenvalue weighted by Crippen LogP contribution is 2.22. The number of carbonyl (C=O) groups is 2. The zero-order valence-electron chi connectivity index (χ0n) is 6.42. The quantitative estimate of drug-likeness (QED) is 0.575. The van der Waals surface area contributed by atoms with Crippen LogP contribution in [-0.2, 0) is 14.3 Å². The molecule has 7 heteroatoms.